The molecule has 0 amide bonds. The van der Waals surface area contributed by atoms with E-state index in [4.69, 9.17) is 4.84 Å². The summed E-state index contributed by atoms with van der Waals surface area (Å²) >= 11 is 0. The summed E-state index contributed by atoms with van der Waals surface area (Å²) in [5.74, 6) is 0. The first kappa shape index (κ1) is 19.2. The maximum Gasteiger partial charge on any atom is 0.0653 e. The highest BCUT2D eigenvalue weighted by Crippen LogP contribution is 2.10. The van der Waals surface area contributed by atoms with Gasteiger partial charge in [-0.05, 0) is 13.3 Å². The summed E-state index contributed by atoms with van der Waals surface area (Å²) in [7, 11) is 0. The molecule has 0 unspecified atom stereocenters. The molecule has 0 bridgehead atoms. The van der Waals surface area contributed by atoms with Crippen molar-refractivity contribution >= 4 is 0 Å². The van der Waals surface area contributed by atoms with Crippen molar-refractivity contribution < 1.29 is 10.3 Å². The number of rotatable bonds is 13. The van der Waals surface area contributed by atoms with E-state index in [1.807, 2.05) is 6.92 Å². The Morgan fingerprint density at radius 2 is 1.18 bits per heavy atom. The molecule has 0 aliphatic heterocycles. The lowest BCUT2D eigenvalue weighted by molar-refractivity contribution is 0.0500. The molecule has 0 saturated heterocycles. The molecule has 0 heterocycles. The predicted molar refractivity (Wildman–Crippen MR) is 75.1 cm³/mol. The van der Waals surface area contributed by atoms with E-state index >= 15 is 0 Å². The third-order valence-corrected chi connectivity index (χ3v) is 2.88. The minimum Gasteiger partial charge on any atom is -0.412 e. The largest absolute Gasteiger partial charge is 0.412 e. The Hall–Kier alpha value is -0.120. The summed E-state index contributed by atoms with van der Waals surface area (Å²) < 4.78 is 0. The summed E-state index contributed by atoms with van der Waals surface area (Å²) in [5.41, 5.74) is 2.96. The first-order valence-electron chi connectivity index (χ1n) is 7.26. The number of nitrogens with one attached hydrogen (secondary N) is 1. The van der Waals surface area contributed by atoms with E-state index in [-0.39, 0.29) is 5.48 Å². The van der Waals surface area contributed by atoms with Gasteiger partial charge >= 0.3 is 0 Å². The standard InChI is InChI=1S/C14H31NO.H2O/c1-3-5-6-7-8-9-10-11-12-13-14-15-16-4-2;/h15H,3-14H2,1-2H3;1H2. The summed E-state index contributed by atoms with van der Waals surface area (Å²) in [6.07, 6.45) is 13.9. The second-order valence-electron chi connectivity index (χ2n) is 4.51. The van der Waals surface area contributed by atoms with Gasteiger partial charge in [0.2, 0.25) is 0 Å². The Balaban J connectivity index is 0. The van der Waals surface area contributed by atoms with Gasteiger partial charge in [0.05, 0.1) is 6.61 Å². The SMILES string of the molecule is CCCCCCCCCCCCNOCC.O. The molecule has 0 aliphatic rings. The fourth-order valence-corrected chi connectivity index (χ4v) is 1.86. The zero-order valence-corrected chi connectivity index (χ0v) is 11.9. The van der Waals surface area contributed by atoms with Gasteiger partial charge in [-0.1, -0.05) is 64.7 Å². The molecule has 0 aromatic heterocycles. The molecule has 0 spiro atoms. The van der Waals surface area contributed by atoms with Gasteiger partial charge < -0.3 is 10.3 Å². The Kier molecular flexibility index (Phi) is 20.6. The molecular weight excluding hydrogens is 214 g/mol. The summed E-state index contributed by atoms with van der Waals surface area (Å²) in [6.45, 7) is 6.05. The van der Waals surface area contributed by atoms with Gasteiger partial charge in [0.15, 0.2) is 0 Å². The highest BCUT2D eigenvalue weighted by molar-refractivity contribution is 4.47. The van der Waals surface area contributed by atoms with Crippen LogP contribution in [0.4, 0.5) is 0 Å². The Labute approximate surface area is 108 Å². The molecule has 0 fully saturated rings. The first-order valence-corrected chi connectivity index (χ1v) is 7.26. The van der Waals surface area contributed by atoms with Crippen LogP contribution in [0.25, 0.3) is 0 Å². The van der Waals surface area contributed by atoms with Crippen LogP contribution < -0.4 is 5.48 Å². The Morgan fingerprint density at radius 3 is 1.65 bits per heavy atom. The molecule has 3 nitrogen and oxygen atoms in total. The van der Waals surface area contributed by atoms with Crippen LogP contribution in [0.1, 0.15) is 78.1 Å². The number of hydroxylamine groups is 1. The molecule has 0 aliphatic carbocycles. The van der Waals surface area contributed by atoms with Gasteiger partial charge in [0.25, 0.3) is 0 Å². The quantitative estimate of drug-likeness (QED) is 0.399. The van der Waals surface area contributed by atoms with Crippen LogP contribution in [-0.4, -0.2) is 18.6 Å². The molecule has 0 rings (SSSR count). The van der Waals surface area contributed by atoms with Gasteiger partial charge in [0, 0.05) is 6.54 Å². The lowest BCUT2D eigenvalue weighted by Gasteiger charge is -2.03. The molecule has 3 N–H and O–H groups in total. The Morgan fingerprint density at radius 1 is 0.706 bits per heavy atom. The third-order valence-electron chi connectivity index (χ3n) is 2.88. The van der Waals surface area contributed by atoms with Gasteiger partial charge in [-0.3, -0.25) is 0 Å². The second-order valence-corrected chi connectivity index (χ2v) is 4.51. The summed E-state index contributed by atoms with van der Waals surface area (Å²) in [4.78, 5) is 5.07. The van der Waals surface area contributed by atoms with E-state index in [9.17, 15) is 0 Å². The van der Waals surface area contributed by atoms with Crippen LogP contribution in [0.2, 0.25) is 0 Å². The molecule has 0 radical (unpaired) electrons. The summed E-state index contributed by atoms with van der Waals surface area (Å²) in [5, 5.41) is 0. The van der Waals surface area contributed by atoms with Crippen molar-refractivity contribution in [3.8, 4) is 0 Å². The zero-order chi connectivity index (χ0) is 11.9. The predicted octanol–water partition coefficient (Wildman–Crippen LogP) is 3.62. The fraction of sp³-hybridized carbons (Fsp3) is 1.00. The molecule has 3 heteroatoms. The molecule has 0 aromatic rings. The Bertz CT molecular complexity index is 107. The number of hydrogen-bond donors (Lipinski definition) is 1. The highest BCUT2D eigenvalue weighted by Gasteiger charge is 1.92. The van der Waals surface area contributed by atoms with E-state index < -0.39 is 0 Å². The highest BCUT2D eigenvalue weighted by atomic mass is 16.6. The van der Waals surface area contributed by atoms with Crippen LogP contribution in [0.15, 0.2) is 0 Å². The van der Waals surface area contributed by atoms with Crippen molar-refractivity contribution in [1.29, 1.82) is 0 Å². The smallest absolute Gasteiger partial charge is 0.0653 e. The van der Waals surface area contributed by atoms with E-state index in [1.165, 1.54) is 64.2 Å². The minimum atomic E-state index is 0. The molecule has 0 aromatic carbocycles. The lowest BCUT2D eigenvalue weighted by Crippen LogP contribution is -2.15. The maximum atomic E-state index is 5.07. The first-order chi connectivity index (χ1) is 7.91. The van der Waals surface area contributed by atoms with E-state index in [2.05, 4.69) is 12.4 Å². The second kappa shape index (κ2) is 18.3. The van der Waals surface area contributed by atoms with Crippen molar-refractivity contribution in [2.45, 2.75) is 78.1 Å². The molecule has 17 heavy (non-hydrogen) atoms. The van der Waals surface area contributed by atoms with E-state index in [0.29, 0.717) is 0 Å². The van der Waals surface area contributed by atoms with Gasteiger partial charge in [-0.25, -0.2) is 5.48 Å². The average Bonchev–Trinajstić information content (AvgIpc) is 2.31. The van der Waals surface area contributed by atoms with Gasteiger partial charge in [0.1, 0.15) is 0 Å². The van der Waals surface area contributed by atoms with Crippen molar-refractivity contribution in [3.63, 3.8) is 0 Å². The van der Waals surface area contributed by atoms with Crippen LogP contribution >= 0.6 is 0 Å². The van der Waals surface area contributed by atoms with Crippen LogP contribution in [-0.2, 0) is 4.84 Å². The van der Waals surface area contributed by atoms with Crippen LogP contribution in [0.5, 0.6) is 0 Å². The molecular formula is C14H33NO2. The van der Waals surface area contributed by atoms with Gasteiger partial charge in [-0.2, -0.15) is 0 Å². The third kappa shape index (κ3) is 18.4. The molecule has 0 saturated carbocycles. The monoisotopic (exact) mass is 247 g/mol. The average molecular weight is 247 g/mol. The van der Waals surface area contributed by atoms with Crippen molar-refractivity contribution in [3.05, 3.63) is 0 Å². The minimum absolute atomic E-state index is 0. The van der Waals surface area contributed by atoms with Crippen molar-refractivity contribution in [1.82, 2.24) is 5.48 Å². The lowest BCUT2D eigenvalue weighted by atomic mass is 10.1. The fourth-order valence-electron chi connectivity index (χ4n) is 1.86. The molecule has 106 valence electrons. The van der Waals surface area contributed by atoms with Crippen LogP contribution in [0.3, 0.4) is 0 Å². The zero-order valence-electron chi connectivity index (χ0n) is 11.9. The van der Waals surface area contributed by atoms with Gasteiger partial charge in [-0.15, -0.1) is 0 Å². The normalized spacial score (nSPS) is 10.2. The number of unbranched alkanes of at least 4 members (excludes halogenated alkanes) is 9. The van der Waals surface area contributed by atoms with E-state index in [0.717, 1.165) is 13.2 Å². The summed E-state index contributed by atoms with van der Waals surface area (Å²) in [6, 6.07) is 0. The van der Waals surface area contributed by atoms with E-state index in [1.54, 1.807) is 0 Å². The van der Waals surface area contributed by atoms with Crippen molar-refractivity contribution in [2.24, 2.45) is 0 Å². The molecule has 0 atom stereocenters. The topological polar surface area (TPSA) is 52.8 Å². The van der Waals surface area contributed by atoms with Crippen molar-refractivity contribution in [2.75, 3.05) is 13.2 Å². The maximum absolute atomic E-state index is 5.07. The number of hydrogen-bond acceptors (Lipinski definition) is 2. The van der Waals surface area contributed by atoms with Crippen LogP contribution in [0, 0.1) is 0 Å².